The lowest BCUT2D eigenvalue weighted by Crippen LogP contribution is -2.16. The molecule has 0 atom stereocenters. The van der Waals surface area contributed by atoms with Crippen LogP contribution in [0.1, 0.15) is 11.1 Å². The quantitative estimate of drug-likeness (QED) is 0.797. The van der Waals surface area contributed by atoms with Gasteiger partial charge in [-0.1, -0.05) is 12.1 Å². The van der Waals surface area contributed by atoms with Crippen molar-refractivity contribution in [3.8, 4) is 11.5 Å². The molecule has 0 fully saturated rings. The van der Waals surface area contributed by atoms with Gasteiger partial charge in [-0.2, -0.15) is 0 Å². The predicted molar refractivity (Wildman–Crippen MR) is 76.5 cm³/mol. The van der Waals surface area contributed by atoms with Crippen LogP contribution < -0.4 is 10.1 Å². The van der Waals surface area contributed by atoms with Gasteiger partial charge >= 0.3 is 0 Å². The molecule has 3 nitrogen and oxygen atoms in total. The zero-order valence-electron chi connectivity index (χ0n) is 11.4. The van der Waals surface area contributed by atoms with Crippen LogP contribution in [0.5, 0.6) is 11.5 Å². The molecule has 106 valence electrons. The molecule has 0 amide bonds. The second-order valence-corrected chi connectivity index (χ2v) is 4.59. The summed E-state index contributed by atoms with van der Waals surface area (Å²) in [5.41, 5.74) is 1.94. The number of hydrogen-bond acceptors (Lipinski definition) is 3. The smallest absolute Gasteiger partial charge is 0.127 e. The molecule has 2 aromatic rings. The molecule has 20 heavy (non-hydrogen) atoms. The van der Waals surface area contributed by atoms with E-state index in [0.29, 0.717) is 6.54 Å². The number of ether oxygens (including phenoxy) is 1. The van der Waals surface area contributed by atoms with Crippen molar-refractivity contribution in [2.24, 2.45) is 0 Å². The Balaban J connectivity index is 1.78. The van der Waals surface area contributed by atoms with Gasteiger partial charge in [-0.15, -0.1) is 0 Å². The largest absolute Gasteiger partial charge is 0.508 e. The zero-order chi connectivity index (χ0) is 14.4. The van der Waals surface area contributed by atoms with Crippen LogP contribution in [0.2, 0.25) is 0 Å². The normalized spacial score (nSPS) is 10.5. The van der Waals surface area contributed by atoms with Gasteiger partial charge in [-0.3, -0.25) is 0 Å². The van der Waals surface area contributed by atoms with Crippen LogP contribution >= 0.6 is 0 Å². The molecule has 0 spiro atoms. The SMILES string of the molecule is COc1ccc(CCNCc2cc(O)cc(F)c2)cc1. The summed E-state index contributed by atoms with van der Waals surface area (Å²) in [6.07, 6.45) is 0.880. The molecule has 0 aliphatic rings. The summed E-state index contributed by atoms with van der Waals surface area (Å²) in [5, 5.41) is 12.5. The van der Waals surface area contributed by atoms with Crippen molar-refractivity contribution < 1.29 is 14.2 Å². The molecule has 0 aromatic heterocycles. The van der Waals surface area contributed by atoms with E-state index in [-0.39, 0.29) is 5.75 Å². The lowest BCUT2D eigenvalue weighted by molar-refractivity contribution is 0.414. The molecule has 0 aliphatic heterocycles. The fourth-order valence-corrected chi connectivity index (χ4v) is 1.99. The monoisotopic (exact) mass is 275 g/mol. The topological polar surface area (TPSA) is 41.5 Å². The average Bonchev–Trinajstić information content (AvgIpc) is 2.43. The average molecular weight is 275 g/mol. The van der Waals surface area contributed by atoms with Gasteiger partial charge < -0.3 is 15.2 Å². The molecule has 0 heterocycles. The Labute approximate surface area is 118 Å². The first-order chi connectivity index (χ1) is 9.67. The highest BCUT2D eigenvalue weighted by molar-refractivity contribution is 5.29. The number of methoxy groups -OCH3 is 1. The molecular formula is C16H18FNO2. The third-order valence-corrected chi connectivity index (χ3v) is 3.02. The summed E-state index contributed by atoms with van der Waals surface area (Å²) in [7, 11) is 1.64. The predicted octanol–water partition coefficient (Wildman–Crippen LogP) is 2.87. The van der Waals surface area contributed by atoms with E-state index in [9.17, 15) is 9.50 Å². The summed E-state index contributed by atoms with van der Waals surface area (Å²) in [4.78, 5) is 0. The summed E-state index contributed by atoms with van der Waals surface area (Å²) in [6.45, 7) is 1.31. The van der Waals surface area contributed by atoms with Gasteiger partial charge in [0.15, 0.2) is 0 Å². The Morgan fingerprint density at radius 2 is 1.85 bits per heavy atom. The molecule has 4 heteroatoms. The lowest BCUT2D eigenvalue weighted by atomic mass is 10.1. The Bertz CT molecular complexity index is 535. The van der Waals surface area contributed by atoms with E-state index in [1.54, 1.807) is 13.2 Å². The van der Waals surface area contributed by atoms with Crippen LogP contribution in [-0.2, 0) is 13.0 Å². The number of benzene rings is 2. The lowest BCUT2D eigenvalue weighted by Gasteiger charge is -2.07. The van der Waals surface area contributed by atoms with Crippen molar-refractivity contribution in [1.29, 1.82) is 0 Å². The number of aromatic hydroxyl groups is 1. The summed E-state index contributed by atoms with van der Waals surface area (Å²) in [5.74, 6) is 0.380. The van der Waals surface area contributed by atoms with Gasteiger partial charge in [0, 0.05) is 12.6 Å². The minimum Gasteiger partial charge on any atom is -0.508 e. The fraction of sp³-hybridized carbons (Fsp3) is 0.250. The third-order valence-electron chi connectivity index (χ3n) is 3.02. The highest BCUT2D eigenvalue weighted by Crippen LogP contribution is 2.14. The van der Waals surface area contributed by atoms with Gasteiger partial charge in [0.1, 0.15) is 17.3 Å². The number of phenols is 1. The summed E-state index contributed by atoms with van der Waals surface area (Å²) in [6, 6.07) is 12.0. The van der Waals surface area contributed by atoms with Crippen LogP contribution in [-0.4, -0.2) is 18.8 Å². The number of rotatable bonds is 6. The van der Waals surface area contributed by atoms with E-state index in [2.05, 4.69) is 5.32 Å². The van der Waals surface area contributed by atoms with E-state index in [1.807, 2.05) is 24.3 Å². The Morgan fingerprint density at radius 1 is 1.10 bits per heavy atom. The van der Waals surface area contributed by atoms with Crippen LogP contribution in [0.15, 0.2) is 42.5 Å². The molecular weight excluding hydrogens is 257 g/mol. The van der Waals surface area contributed by atoms with Crippen molar-refractivity contribution in [2.75, 3.05) is 13.7 Å². The van der Waals surface area contributed by atoms with Crippen molar-refractivity contribution in [1.82, 2.24) is 5.32 Å². The zero-order valence-corrected chi connectivity index (χ0v) is 11.4. The molecule has 0 bridgehead atoms. The fourth-order valence-electron chi connectivity index (χ4n) is 1.99. The van der Waals surface area contributed by atoms with Gasteiger partial charge in [-0.05, 0) is 48.4 Å². The van der Waals surface area contributed by atoms with E-state index < -0.39 is 5.82 Å². The maximum absolute atomic E-state index is 13.1. The number of hydrogen-bond donors (Lipinski definition) is 2. The molecule has 0 radical (unpaired) electrons. The molecule has 0 saturated carbocycles. The highest BCUT2D eigenvalue weighted by atomic mass is 19.1. The van der Waals surface area contributed by atoms with E-state index >= 15 is 0 Å². The molecule has 0 aliphatic carbocycles. The highest BCUT2D eigenvalue weighted by Gasteiger charge is 2.00. The Kier molecular flexibility index (Phi) is 4.96. The molecule has 2 rings (SSSR count). The van der Waals surface area contributed by atoms with Crippen LogP contribution in [0.25, 0.3) is 0 Å². The van der Waals surface area contributed by atoms with Crippen molar-refractivity contribution >= 4 is 0 Å². The maximum atomic E-state index is 13.1. The molecule has 0 unspecified atom stereocenters. The van der Waals surface area contributed by atoms with Crippen LogP contribution in [0.4, 0.5) is 4.39 Å². The third kappa shape index (κ3) is 4.24. The summed E-state index contributed by atoms with van der Waals surface area (Å²) >= 11 is 0. The molecule has 0 saturated heterocycles. The molecule has 2 N–H and O–H groups in total. The van der Waals surface area contributed by atoms with Crippen LogP contribution in [0, 0.1) is 5.82 Å². The van der Waals surface area contributed by atoms with E-state index in [0.717, 1.165) is 30.3 Å². The van der Waals surface area contributed by atoms with Crippen LogP contribution in [0.3, 0.4) is 0 Å². The summed E-state index contributed by atoms with van der Waals surface area (Å²) < 4.78 is 18.2. The van der Waals surface area contributed by atoms with E-state index in [1.165, 1.54) is 11.6 Å². The van der Waals surface area contributed by atoms with Gasteiger partial charge in [-0.25, -0.2) is 4.39 Å². The number of phenolic OH excluding ortho intramolecular Hbond substituents is 1. The Hall–Kier alpha value is -2.07. The second-order valence-electron chi connectivity index (χ2n) is 4.59. The number of halogens is 1. The van der Waals surface area contributed by atoms with Gasteiger partial charge in [0.05, 0.1) is 7.11 Å². The standard InChI is InChI=1S/C16H18FNO2/c1-20-16-4-2-12(3-5-16)6-7-18-11-13-8-14(17)10-15(19)9-13/h2-5,8-10,18-19H,6-7,11H2,1H3. The van der Waals surface area contributed by atoms with Crippen molar-refractivity contribution in [2.45, 2.75) is 13.0 Å². The first-order valence-electron chi connectivity index (χ1n) is 6.49. The minimum absolute atomic E-state index is 0.0445. The Morgan fingerprint density at radius 3 is 2.50 bits per heavy atom. The first kappa shape index (κ1) is 14.3. The van der Waals surface area contributed by atoms with Crippen molar-refractivity contribution in [3.63, 3.8) is 0 Å². The maximum Gasteiger partial charge on any atom is 0.127 e. The van der Waals surface area contributed by atoms with Gasteiger partial charge in [0.2, 0.25) is 0 Å². The van der Waals surface area contributed by atoms with Gasteiger partial charge in [0.25, 0.3) is 0 Å². The first-order valence-corrected chi connectivity index (χ1v) is 6.49. The molecule has 2 aromatic carbocycles. The van der Waals surface area contributed by atoms with E-state index in [4.69, 9.17) is 4.74 Å². The van der Waals surface area contributed by atoms with Crippen molar-refractivity contribution in [3.05, 3.63) is 59.4 Å². The minimum atomic E-state index is -0.419. The second kappa shape index (κ2) is 6.91. The number of nitrogens with one attached hydrogen (secondary N) is 1.